The van der Waals surface area contributed by atoms with Crippen molar-refractivity contribution in [2.75, 3.05) is 11.9 Å². The number of nitrogens with two attached hydrogens (primary N) is 1. The van der Waals surface area contributed by atoms with Gasteiger partial charge in [-0.25, -0.2) is 0 Å². The molecule has 0 saturated carbocycles. The lowest BCUT2D eigenvalue weighted by atomic mass is 10.1. The molecule has 1 unspecified atom stereocenters. The molecule has 0 heterocycles. The monoisotopic (exact) mass is 296 g/mol. The van der Waals surface area contributed by atoms with Gasteiger partial charge in [0.1, 0.15) is 5.75 Å². The zero-order chi connectivity index (χ0) is 15.8. The van der Waals surface area contributed by atoms with E-state index in [-0.39, 0.29) is 19.4 Å². The molecule has 0 saturated heterocycles. The van der Waals surface area contributed by atoms with E-state index in [1.165, 1.54) is 0 Å². The maximum atomic E-state index is 11.8. The number of carbonyl (C=O) groups excluding carboxylic acids is 1. The minimum atomic E-state index is -0.998. The average molecular weight is 296 g/mol. The number of rotatable bonds is 8. The largest absolute Gasteiger partial charge is 0.494 e. The topological polar surface area (TPSA) is 122 Å². The fraction of sp³-hybridized carbons (Fsp3) is 0.429. The van der Waals surface area contributed by atoms with Crippen LogP contribution >= 0.6 is 0 Å². The van der Waals surface area contributed by atoms with Gasteiger partial charge in [-0.15, -0.1) is 0 Å². The lowest BCUT2D eigenvalue weighted by Gasteiger charge is -2.14. The van der Waals surface area contributed by atoms with E-state index in [1.54, 1.807) is 18.2 Å². The molecule has 0 spiro atoms. The number of ether oxygens (including phenoxy) is 1. The normalized spacial score (nSPS) is 11.8. The second-order valence-corrected chi connectivity index (χ2v) is 4.44. The highest BCUT2D eigenvalue weighted by atomic mass is 16.5. The summed E-state index contributed by atoms with van der Waals surface area (Å²) >= 11 is 0. The molecule has 1 rings (SSSR count). The van der Waals surface area contributed by atoms with Gasteiger partial charge in [0.2, 0.25) is 5.91 Å². The maximum absolute atomic E-state index is 11.8. The van der Waals surface area contributed by atoms with Gasteiger partial charge in [-0.05, 0) is 31.5 Å². The number of hydrogen-bond acceptors (Lipinski definition) is 5. The van der Waals surface area contributed by atoms with Crippen molar-refractivity contribution in [3.8, 4) is 5.75 Å². The quantitative estimate of drug-likeness (QED) is 0.560. The highest BCUT2D eigenvalue weighted by Crippen LogP contribution is 2.23. The third kappa shape index (κ3) is 5.41. The first-order chi connectivity index (χ1) is 9.97. The zero-order valence-corrected chi connectivity index (χ0v) is 11.8. The summed E-state index contributed by atoms with van der Waals surface area (Å²) in [6, 6.07) is 3.97. The Morgan fingerprint density at radius 1 is 1.43 bits per heavy atom. The molecule has 1 aromatic rings. The van der Waals surface area contributed by atoms with Crippen LogP contribution in [0.1, 0.15) is 25.3 Å². The molecule has 1 aromatic carbocycles. The van der Waals surface area contributed by atoms with Crippen LogP contribution in [0.15, 0.2) is 18.2 Å². The number of benzene rings is 1. The first-order valence-corrected chi connectivity index (χ1v) is 6.62. The van der Waals surface area contributed by atoms with Gasteiger partial charge < -0.3 is 26.0 Å². The van der Waals surface area contributed by atoms with Crippen molar-refractivity contribution in [1.29, 1.82) is 0 Å². The highest BCUT2D eigenvalue weighted by molar-refractivity contribution is 5.95. The molecular weight excluding hydrogens is 276 g/mol. The van der Waals surface area contributed by atoms with Crippen LogP contribution in [0.5, 0.6) is 5.75 Å². The van der Waals surface area contributed by atoms with E-state index in [4.69, 9.17) is 15.6 Å². The van der Waals surface area contributed by atoms with E-state index < -0.39 is 17.9 Å². The molecule has 5 N–H and O–H groups in total. The second-order valence-electron chi connectivity index (χ2n) is 4.44. The Kier molecular flexibility index (Phi) is 6.64. The van der Waals surface area contributed by atoms with E-state index in [9.17, 15) is 14.7 Å². The van der Waals surface area contributed by atoms with Gasteiger partial charge in [0.25, 0.3) is 0 Å². The van der Waals surface area contributed by atoms with Gasteiger partial charge in [0.05, 0.1) is 19.3 Å². The first-order valence-electron chi connectivity index (χ1n) is 6.62. The van der Waals surface area contributed by atoms with Crippen molar-refractivity contribution >= 4 is 17.6 Å². The molecular formula is C14H20N2O5. The summed E-state index contributed by atoms with van der Waals surface area (Å²) in [5, 5.41) is 20.4. The standard InChI is InChI=1S/C14H20N2O5/c1-2-21-12-5-3-10(7-9(12)8-17)16-14(20)11(15)4-6-13(18)19/h3,5,7,11,17H,2,4,6,8,15H2,1H3,(H,16,20)(H,18,19). The molecule has 7 nitrogen and oxygen atoms in total. The molecule has 7 heteroatoms. The zero-order valence-electron chi connectivity index (χ0n) is 11.8. The van der Waals surface area contributed by atoms with E-state index >= 15 is 0 Å². The molecule has 0 radical (unpaired) electrons. The molecule has 0 bridgehead atoms. The Labute approximate surface area is 122 Å². The summed E-state index contributed by atoms with van der Waals surface area (Å²) in [5.74, 6) is -0.917. The molecule has 0 fully saturated rings. The van der Waals surface area contributed by atoms with Gasteiger partial charge in [0.15, 0.2) is 0 Å². The van der Waals surface area contributed by atoms with Crippen LogP contribution in [-0.4, -0.2) is 34.7 Å². The number of aliphatic hydroxyl groups excluding tert-OH is 1. The fourth-order valence-electron chi connectivity index (χ4n) is 1.72. The number of carbonyl (C=O) groups is 2. The van der Waals surface area contributed by atoms with Crippen LogP contribution in [0.25, 0.3) is 0 Å². The summed E-state index contributed by atoms with van der Waals surface area (Å²) in [7, 11) is 0. The lowest BCUT2D eigenvalue weighted by molar-refractivity contribution is -0.137. The van der Waals surface area contributed by atoms with E-state index in [1.807, 2.05) is 6.92 Å². The van der Waals surface area contributed by atoms with Crippen LogP contribution in [0, 0.1) is 0 Å². The van der Waals surface area contributed by atoms with Crippen molar-refractivity contribution < 1.29 is 24.5 Å². The molecule has 0 aromatic heterocycles. The van der Waals surface area contributed by atoms with Gasteiger partial charge in [-0.3, -0.25) is 9.59 Å². The summed E-state index contributed by atoms with van der Waals surface area (Å²) < 4.78 is 5.34. The van der Waals surface area contributed by atoms with E-state index in [0.29, 0.717) is 23.6 Å². The van der Waals surface area contributed by atoms with Crippen LogP contribution < -0.4 is 15.8 Å². The van der Waals surface area contributed by atoms with Crippen molar-refractivity contribution in [3.63, 3.8) is 0 Å². The summed E-state index contributed by atoms with van der Waals surface area (Å²) in [4.78, 5) is 22.3. The van der Waals surface area contributed by atoms with Crippen molar-refractivity contribution in [2.24, 2.45) is 5.73 Å². The number of anilines is 1. The Morgan fingerprint density at radius 2 is 2.14 bits per heavy atom. The third-order valence-electron chi connectivity index (χ3n) is 2.80. The van der Waals surface area contributed by atoms with E-state index in [2.05, 4.69) is 5.32 Å². The van der Waals surface area contributed by atoms with Crippen molar-refractivity contribution in [1.82, 2.24) is 0 Å². The summed E-state index contributed by atoms with van der Waals surface area (Å²) in [6.45, 7) is 2.08. The number of amides is 1. The number of carboxylic acid groups (broad SMARTS) is 1. The molecule has 116 valence electrons. The Bertz CT molecular complexity index is 504. The number of aliphatic hydroxyl groups is 1. The minimum Gasteiger partial charge on any atom is -0.494 e. The Balaban J connectivity index is 2.69. The van der Waals surface area contributed by atoms with Crippen LogP contribution in [0.4, 0.5) is 5.69 Å². The number of aliphatic carboxylic acids is 1. The lowest BCUT2D eigenvalue weighted by Crippen LogP contribution is -2.36. The Hall–Kier alpha value is -2.12. The van der Waals surface area contributed by atoms with Gasteiger partial charge in [-0.2, -0.15) is 0 Å². The molecule has 0 aliphatic heterocycles. The van der Waals surface area contributed by atoms with Crippen molar-refractivity contribution in [2.45, 2.75) is 32.4 Å². The van der Waals surface area contributed by atoms with Gasteiger partial charge in [-0.1, -0.05) is 0 Å². The predicted octanol–water partition coefficient (Wildman–Crippen LogP) is 0.708. The maximum Gasteiger partial charge on any atom is 0.303 e. The average Bonchev–Trinajstić information content (AvgIpc) is 2.46. The molecule has 0 aliphatic rings. The van der Waals surface area contributed by atoms with Crippen LogP contribution in [0.2, 0.25) is 0 Å². The third-order valence-corrected chi connectivity index (χ3v) is 2.80. The molecule has 1 amide bonds. The Morgan fingerprint density at radius 3 is 2.71 bits per heavy atom. The molecule has 1 atom stereocenters. The summed E-state index contributed by atoms with van der Waals surface area (Å²) in [6.07, 6.45) is -0.106. The molecule has 21 heavy (non-hydrogen) atoms. The molecule has 0 aliphatic carbocycles. The fourth-order valence-corrected chi connectivity index (χ4v) is 1.72. The van der Waals surface area contributed by atoms with Crippen molar-refractivity contribution in [3.05, 3.63) is 23.8 Å². The summed E-state index contributed by atoms with van der Waals surface area (Å²) in [5.41, 5.74) is 6.63. The van der Waals surface area contributed by atoms with Gasteiger partial charge >= 0.3 is 5.97 Å². The van der Waals surface area contributed by atoms with E-state index in [0.717, 1.165) is 0 Å². The van der Waals surface area contributed by atoms with Crippen LogP contribution in [-0.2, 0) is 16.2 Å². The van der Waals surface area contributed by atoms with Gasteiger partial charge in [0, 0.05) is 17.7 Å². The predicted molar refractivity (Wildman–Crippen MR) is 77.0 cm³/mol. The first kappa shape index (κ1) is 16.9. The van der Waals surface area contributed by atoms with Crippen LogP contribution in [0.3, 0.4) is 0 Å². The number of hydrogen-bond donors (Lipinski definition) is 4. The number of carboxylic acids is 1. The minimum absolute atomic E-state index is 0.0606. The smallest absolute Gasteiger partial charge is 0.303 e. The highest BCUT2D eigenvalue weighted by Gasteiger charge is 2.15. The SMILES string of the molecule is CCOc1ccc(NC(=O)C(N)CCC(=O)O)cc1CO. The second kappa shape index (κ2) is 8.23. The number of nitrogens with one attached hydrogen (secondary N) is 1.